The van der Waals surface area contributed by atoms with Gasteiger partial charge in [-0.15, -0.1) is 0 Å². The second-order valence-corrected chi connectivity index (χ2v) is 5.86. The SMILES string of the molecule is O=c1[nH]c(=O)n(CC2OCCc3ccccc32)cc1I. The van der Waals surface area contributed by atoms with Crippen molar-refractivity contribution < 1.29 is 4.74 Å². The summed E-state index contributed by atoms with van der Waals surface area (Å²) < 4.78 is 7.77. The number of rotatable bonds is 2. The van der Waals surface area contributed by atoms with E-state index < -0.39 is 5.69 Å². The van der Waals surface area contributed by atoms with E-state index in [1.54, 1.807) is 6.20 Å². The second kappa shape index (κ2) is 5.53. The number of fused-ring (bicyclic) bond motifs is 1. The van der Waals surface area contributed by atoms with Gasteiger partial charge < -0.3 is 4.74 Å². The van der Waals surface area contributed by atoms with E-state index in [0.29, 0.717) is 16.7 Å². The molecule has 5 nitrogen and oxygen atoms in total. The predicted octanol–water partition coefficient (Wildman–Crippen LogP) is 1.46. The minimum absolute atomic E-state index is 0.153. The maximum absolute atomic E-state index is 11.8. The van der Waals surface area contributed by atoms with Crippen molar-refractivity contribution in [2.75, 3.05) is 6.61 Å². The van der Waals surface area contributed by atoms with Gasteiger partial charge in [-0.25, -0.2) is 4.79 Å². The molecule has 0 saturated heterocycles. The van der Waals surface area contributed by atoms with Gasteiger partial charge in [-0.3, -0.25) is 14.3 Å². The van der Waals surface area contributed by atoms with Gasteiger partial charge >= 0.3 is 5.69 Å². The van der Waals surface area contributed by atoms with Crippen LogP contribution in [0, 0.1) is 3.57 Å². The molecule has 1 aliphatic heterocycles. The van der Waals surface area contributed by atoms with Crippen LogP contribution in [0.4, 0.5) is 0 Å². The van der Waals surface area contributed by atoms with E-state index in [-0.39, 0.29) is 11.7 Å². The fraction of sp³-hybridized carbons (Fsp3) is 0.286. The Balaban J connectivity index is 1.95. The molecule has 3 rings (SSSR count). The van der Waals surface area contributed by atoms with Gasteiger partial charge in [0.1, 0.15) is 6.10 Å². The maximum atomic E-state index is 11.8. The molecule has 0 aliphatic carbocycles. The number of halogens is 1. The number of benzene rings is 1. The third-order valence-corrected chi connectivity index (χ3v) is 4.19. The van der Waals surface area contributed by atoms with E-state index in [0.717, 1.165) is 12.0 Å². The van der Waals surface area contributed by atoms with E-state index >= 15 is 0 Å². The largest absolute Gasteiger partial charge is 0.371 e. The first-order valence-corrected chi connectivity index (χ1v) is 7.41. The summed E-state index contributed by atoms with van der Waals surface area (Å²) in [7, 11) is 0. The van der Waals surface area contributed by atoms with E-state index in [1.807, 2.05) is 40.8 Å². The first-order chi connectivity index (χ1) is 9.65. The highest BCUT2D eigenvalue weighted by Crippen LogP contribution is 2.27. The van der Waals surface area contributed by atoms with Crippen LogP contribution in [0.25, 0.3) is 0 Å². The molecule has 0 amide bonds. The topological polar surface area (TPSA) is 64.1 Å². The summed E-state index contributed by atoms with van der Waals surface area (Å²) >= 11 is 1.92. The molecule has 104 valence electrons. The Morgan fingerprint density at radius 2 is 2.15 bits per heavy atom. The molecule has 1 unspecified atom stereocenters. The standard InChI is InChI=1S/C14H13IN2O3/c15-11-7-17(14(19)16-13(11)18)8-12-10-4-2-1-3-9(10)5-6-20-12/h1-4,7,12H,5-6,8H2,(H,16,18,19). The van der Waals surface area contributed by atoms with E-state index in [2.05, 4.69) is 11.1 Å². The van der Waals surface area contributed by atoms with Crippen molar-refractivity contribution >= 4 is 22.6 Å². The molecule has 0 radical (unpaired) electrons. The van der Waals surface area contributed by atoms with Crippen molar-refractivity contribution in [2.24, 2.45) is 0 Å². The fourth-order valence-electron chi connectivity index (χ4n) is 2.42. The zero-order chi connectivity index (χ0) is 14.1. The highest BCUT2D eigenvalue weighted by molar-refractivity contribution is 14.1. The van der Waals surface area contributed by atoms with Gasteiger partial charge in [-0.05, 0) is 40.1 Å². The lowest BCUT2D eigenvalue weighted by Gasteiger charge is -2.26. The van der Waals surface area contributed by atoms with Gasteiger partial charge in [0, 0.05) is 6.20 Å². The van der Waals surface area contributed by atoms with Gasteiger partial charge in [-0.1, -0.05) is 24.3 Å². The molecule has 0 bridgehead atoms. The van der Waals surface area contributed by atoms with E-state index in [1.165, 1.54) is 10.1 Å². The van der Waals surface area contributed by atoms with Gasteiger partial charge in [-0.2, -0.15) is 0 Å². The smallest absolute Gasteiger partial charge is 0.328 e. The molecule has 1 atom stereocenters. The summed E-state index contributed by atoms with van der Waals surface area (Å²) in [5.74, 6) is 0. The van der Waals surface area contributed by atoms with Crippen LogP contribution in [0.3, 0.4) is 0 Å². The first kappa shape index (κ1) is 13.6. The average molecular weight is 384 g/mol. The van der Waals surface area contributed by atoms with Crippen LogP contribution in [-0.2, 0) is 17.7 Å². The highest BCUT2D eigenvalue weighted by atomic mass is 127. The lowest BCUT2D eigenvalue weighted by atomic mass is 9.97. The van der Waals surface area contributed by atoms with Crippen molar-refractivity contribution in [3.05, 3.63) is 66.0 Å². The molecule has 20 heavy (non-hydrogen) atoms. The number of nitrogens with zero attached hydrogens (tertiary/aromatic N) is 1. The summed E-state index contributed by atoms with van der Waals surface area (Å²) in [6, 6.07) is 8.10. The number of nitrogens with one attached hydrogen (secondary N) is 1. The van der Waals surface area contributed by atoms with Crippen LogP contribution in [0.2, 0.25) is 0 Å². The lowest BCUT2D eigenvalue weighted by Crippen LogP contribution is -2.33. The quantitative estimate of drug-likeness (QED) is 0.798. The van der Waals surface area contributed by atoms with Crippen LogP contribution >= 0.6 is 22.6 Å². The molecular formula is C14H13IN2O3. The molecule has 2 aromatic rings. The molecule has 6 heteroatoms. The summed E-state index contributed by atoms with van der Waals surface area (Å²) in [5, 5.41) is 0. The Kier molecular flexibility index (Phi) is 3.75. The predicted molar refractivity (Wildman–Crippen MR) is 82.9 cm³/mol. The molecule has 1 aromatic heterocycles. The molecule has 1 N–H and O–H groups in total. The van der Waals surface area contributed by atoms with Crippen LogP contribution < -0.4 is 11.2 Å². The number of H-pyrrole nitrogens is 1. The van der Waals surface area contributed by atoms with Crippen molar-refractivity contribution in [1.82, 2.24) is 9.55 Å². The molecule has 1 aromatic carbocycles. The molecular weight excluding hydrogens is 371 g/mol. The second-order valence-electron chi connectivity index (χ2n) is 4.70. The van der Waals surface area contributed by atoms with Gasteiger partial charge in [0.2, 0.25) is 0 Å². The number of aromatic amines is 1. The summed E-state index contributed by atoms with van der Waals surface area (Å²) in [4.78, 5) is 25.5. The Labute approximate surface area is 128 Å². The number of aromatic nitrogens is 2. The molecule has 1 aliphatic rings. The van der Waals surface area contributed by atoms with E-state index in [4.69, 9.17) is 4.74 Å². The normalized spacial score (nSPS) is 17.8. The summed E-state index contributed by atoms with van der Waals surface area (Å²) in [5.41, 5.74) is 1.63. The van der Waals surface area contributed by atoms with Crippen LogP contribution in [0.15, 0.2) is 40.1 Å². The zero-order valence-corrected chi connectivity index (χ0v) is 12.8. The summed E-state index contributed by atoms with van der Waals surface area (Å²) in [6.07, 6.45) is 2.31. The van der Waals surface area contributed by atoms with Gasteiger partial charge in [0.05, 0.1) is 16.7 Å². The molecule has 0 fully saturated rings. The van der Waals surface area contributed by atoms with Crippen molar-refractivity contribution in [2.45, 2.75) is 19.1 Å². The fourth-order valence-corrected chi connectivity index (χ4v) is 2.90. The number of ether oxygens (including phenoxy) is 1. The Bertz CT molecular complexity index is 751. The summed E-state index contributed by atoms with van der Waals surface area (Å²) in [6.45, 7) is 1.06. The van der Waals surface area contributed by atoms with Gasteiger partial charge in [0.15, 0.2) is 0 Å². The van der Waals surface area contributed by atoms with Gasteiger partial charge in [0.25, 0.3) is 5.56 Å². The Morgan fingerprint density at radius 3 is 3.00 bits per heavy atom. The number of hydrogen-bond donors (Lipinski definition) is 1. The minimum atomic E-state index is -0.401. The van der Waals surface area contributed by atoms with Crippen molar-refractivity contribution in [1.29, 1.82) is 0 Å². The Morgan fingerprint density at radius 1 is 1.35 bits per heavy atom. The van der Waals surface area contributed by atoms with E-state index in [9.17, 15) is 9.59 Å². The van der Waals surface area contributed by atoms with Crippen LogP contribution in [0.1, 0.15) is 17.2 Å². The third kappa shape index (κ3) is 2.57. The molecule has 2 heterocycles. The third-order valence-electron chi connectivity index (χ3n) is 3.42. The number of hydrogen-bond acceptors (Lipinski definition) is 3. The maximum Gasteiger partial charge on any atom is 0.328 e. The molecule has 0 saturated carbocycles. The van der Waals surface area contributed by atoms with Crippen LogP contribution in [-0.4, -0.2) is 16.2 Å². The van der Waals surface area contributed by atoms with Crippen molar-refractivity contribution in [3.8, 4) is 0 Å². The highest BCUT2D eigenvalue weighted by Gasteiger charge is 2.21. The molecule has 0 spiro atoms. The van der Waals surface area contributed by atoms with Crippen molar-refractivity contribution in [3.63, 3.8) is 0 Å². The lowest BCUT2D eigenvalue weighted by molar-refractivity contribution is 0.0296. The zero-order valence-electron chi connectivity index (χ0n) is 10.6. The Hall–Kier alpha value is -1.41. The minimum Gasteiger partial charge on any atom is -0.371 e. The first-order valence-electron chi connectivity index (χ1n) is 6.34. The monoisotopic (exact) mass is 384 g/mol. The van der Waals surface area contributed by atoms with Crippen LogP contribution in [0.5, 0.6) is 0 Å². The average Bonchev–Trinajstić information content (AvgIpc) is 2.45.